The minimum Gasteiger partial charge on any atom is -0.469 e. The van der Waals surface area contributed by atoms with Crippen LogP contribution in [0.15, 0.2) is 0 Å². The smallest absolute Gasteiger partial charge is 0.330 e. The van der Waals surface area contributed by atoms with Crippen molar-refractivity contribution in [2.45, 2.75) is 169 Å². The van der Waals surface area contributed by atoms with E-state index in [0.717, 1.165) is 19.3 Å². The van der Waals surface area contributed by atoms with Crippen LogP contribution >= 0.6 is 0 Å². The summed E-state index contributed by atoms with van der Waals surface area (Å²) in [6.45, 7) is 31.2. The van der Waals surface area contributed by atoms with Crippen LogP contribution in [0.4, 0.5) is 0 Å². The first-order valence-electron chi connectivity index (χ1n) is 17.5. The first-order chi connectivity index (χ1) is 20.9. The summed E-state index contributed by atoms with van der Waals surface area (Å²) in [6, 6.07) is 0.361. The molecule has 0 heterocycles. The number of ether oxygens (including phenoxy) is 2. The third kappa shape index (κ3) is 22.6. The van der Waals surface area contributed by atoms with Crippen molar-refractivity contribution < 1.29 is 39.6 Å². The topological polar surface area (TPSA) is 98.8 Å². The first-order valence-corrected chi connectivity index (χ1v) is 34.2. The molecule has 0 aromatic carbocycles. The van der Waals surface area contributed by atoms with Crippen molar-refractivity contribution in [3.63, 3.8) is 0 Å². The van der Waals surface area contributed by atoms with Gasteiger partial charge in [0.25, 0.3) is 0 Å². The highest BCUT2D eigenvalue weighted by Crippen LogP contribution is 2.38. The van der Waals surface area contributed by atoms with Gasteiger partial charge in [0.1, 0.15) is 0 Å². The number of carbonyl (C=O) groups is 2. The van der Waals surface area contributed by atoms with Gasteiger partial charge in [-0.05, 0) is 78.4 Å². The van der Waals surface area contributed by atoms with Gasteiger partial charge in [-0.1, -0.05) is 79.1 Å². The summed E-state index contributed by atoms with van der Waals surface area (Å²) in [7, 11) is -12.4. The molecule has 9 nitrogen and oxygen atoms in total. The molecule has 0 saturated heterocycles. The number of rotatable bonds is 23. The van der Waals surface area contributed by atoms with Gasteiger partial charge in [-0.25, -0.2) is 0 Å². The summed E-state index contributed by atoms with van der Waals surface area (Å²) in [4.78, 5) is 26.0. The second kappa shape index (κ2) is 22.7. The fraction of sp³-hybridized carbons (Fsp3) is 0.935. The average molecular weight is 759 g/mol. The monoisotopic (exact) mass is 758 g/mol. The van der Waals surface area contributed by atoms with E-state index in [-0.39, 0.29) is 11.9 Å². The molecule has 5 atom stereocenters. The van der Waals surface area contributed by atoms with Crippen molar-refractivity contribution in [3.05, 3.63) is 0 Å². The van der Waals surface area contributed by atoms with Crippen LogP contribution in [0.25, 0.3) is 0 Å². The molecule has 15 heteroatoms. The van der Waals surface area contributed by atoms with Crippen LogP contribution in [0.1, 0.15) is 85.5 Å². The van der Waals surface area contributed by atoms with Gasteiger partial charge in [-0.3, -0.25) is 9.59 Å². The zero-order valence-electron chi connectivity index (χ0n) is 33.0. The molecule has 0 bridgehead atoms. The third-order valence-corrected chi connectivity index (χ3v) is 28.7. The molecule has 0 aliphatic carbocycles. The van der Waals surface area contributed by atoms with Crippen LogP contribution in [-0.4, -0.2) is 77.8 Å². The molecule has 0 spiro atoms. The molecule has 0 N–H and O–H groups in total. The summed E-state index contributed by atoms with van der Waals surface area (Å²) >= 11 is 0. The summed E-state index contributed by atoms with van der Waals surface area (Å²) in [5, 5.41) is 0. The van der Waals surface area contributed by atoms with Crippen molar-refractivity contribution in [3.8, 4) is 0 Å². The molecule has 0 saturated carbocycles. The number of hydrogen-bond acceptors (Lipinski definition) is 9. The molecule has 0 aliphatic rings. The number of esters is 2. The number of unbranched alkanes of at least 4 members (excludes halogenated alkanes) is 6. The van der Waals surface area contributed by atoms with Gasteiger partial charge in [-0.15, -0.1) is 0 Å². The molecule has 0 radical (unpaired) electrons. The maximum absolute atomic E-state index is 13.4. The lowest BCUT2D eigenvalue weighted by Crippen LogP contribution is -2.61. The second-order valence-electron chi connectivity index (χ2n) is 15.2. The molecule has 0 amide bonds. The van der Waals surface area contributed by atoms with Gasteiger partial charge in [0.2, 0.25) is 0 Å². The van der Waals surface area contributed by atoms with Crippen LogP contribution in [0.2, 0.25) is 83.6 Å². The molecule has 0 aromatic rings. The highest BCUT2D eigenvalue weighted by Gasteiger charge is 2.54. The Kier molecular flexibility index (Phi) is 23.8. The van der Waals surface area contributed by atoms with Gasteiger partial charge < -0.3 is 30.0 Å². The van der Waals surface area contributed by atoms with E-state index in [9.17, 15) is 9.59 Å². The predicted molar refractivity (Wildman–Crippen MR) is 206 cm³/mol. The van der Waals surface area contributed by atoms with Crippen LogP contribution in [0.3, 0.4) is 0 Å². The zero-order valence-corrected chi connectivity index (χ0v) is 39.1. The van der Waals surface area contributed by atoms with Crippen molar-refractivity contribution in [1.82, 2.24) is 0 Å². The number of hydrogen-bond donors (Lipinski definition) is 0. The lowest BCUT2D eigenvalue weighted by molar-refractivity contribution is -0.144. The average Bonchev–Trinajstić information content (AvgIpc) is 2.86. The Morgan fingerprint density at radius 3 is 1.54 bits per heavy atom. The Hall–Kier alpha value is 0.0413. The van der Waals surface area contributed by atoms with E-state index in [1.165, 1.54) is 46.3 Å². The lowest BCUT2D eigenvalue weighted by Gasteiger charge is -2.45. The van der Waals surface area contributed by atoms with E-state index in [0.29, 0.717) is 12.5 Å². The highest BCUT2D eigenvalue weighted by atomic mass is 28.5. The van der Waals surface area contributed by atoms with Crippen molar-refractivity contribution >= 4 is 63.5 Å². The fourth-order valence-corrected chi connectivity index (χ4v) is 32.8. The maximum atomic E-state index is 13.4. The highest BCUT2D eigenvalue weighted by molar-refractivity contribution is 6.90. The fourth-order valence-electron chi connectivity index (χ4n) is 5.73. The summed E-state index contributed by atoms with van der Waals surface area (Å²) < 4.78 is 44.2. The Balaban J connectivity index is 0. The molecular formula is C31H74O9Si6. The summed E-state index contributed by atoms with van der Waals surface area (Å²) in [5.74, 6) is -1.06. The van der Waals surface area contributed by atoms with E-state index in [4.69, 9.17) is 30.0 Å². The Morgan fingerprint density at radius 2 is 1.11 bits per heavy atom. The molecule has 276 valence electrons. The molecule has 0 aliphatic heterocycles. The lowest BCUT2D eigenvalue weighted by atomic mass is 10.1. The van der Waals surface area contributed by atoms with E-state index >= 15 is 0 Å². The van der Waals surface area contributed by atoms with Crippen LogP contribution in [-0.2, 0) is 39.6 Å². The molecule has 0 fully saturated rings. The van der Waals surface area contributed by atoms with Crippen LogP contribution in [0.5, 0.6) is 0 Å². The van der Waals surface area contributed by atoms with E-state index in [1.54, 1.807) is 0 Å². The first kappa shape index (κ1) is 48.2. The van der Waals surface area contributed by atoms with Gasteiger partial charge in [0.15, 0.2) is 16.6 Å². The van der Waals surface area contributed by atoms with Crippen molar-refractivity contribution in [2.75, 3.05) is 14.2 Å². The third-order valence-electron chi connectivity index (χ3n) is 6.84. The molecule has 0 rings (SSSR count). The largest absolute Gasteiger partial charge is 0.469 e. The van der Waals surface area contributed by atoms with Gasteiger partial charge in [0.05, 0.1) is 25.7 Å². The van der Waals surface area contributed by atoms with Crippen molar-refractivity contribution in [1.29, 1.82) is 0 Å². The van der Waals surface area contributed by atoms with E-state index in [1.807, 2.05) is 26.6 Å². The Labute approximate surface area is 291 Å². The standard InChI is InChI=1S/C28H66O9Si6.C3H8/c1-16-17-18-19-20-21-22-23-26(28(30)32-4)43(15,36-40(9,10)11)37-42(14,24-25(2)27(29)31-3)34-38(5)33-41(12,13)35-39(6,7)8;1-3-2/h25-26,38H,16-24H2,1-15H3;3H2,1-2H3. The molecule has 5 unspecified atom stereocenters. The van der Waals surface area contributed by atoms with Gasteiger partial charge in [0, 0.05) is 6.04 Å². The molecule has 0 aromatic heterocycles. The summed E-state index contributed by atoms with van der Waals surface area (Å²) in [5.41, 5.74) is -0.511. The predicted octanol–water partition coefficient (Wildman–Crippen LogP) is 9.34. The number of methoxy groups -OCH3 is 2. The zero-order chi connectivity index (χ0) is 36.4. The quantitative estimate of drug-likeness (QED) is 0.0574. The maximum Gasteiger partial charge on any atom is 0.330 e. The SMILES string of the molecule is CCC.CCCCCCCCCC(C(=O)OC)[Si](C)(O[Si](C)(C)C)O[Si](C)(CC(C)C(=O)OC)O[SiH](C)O[Si](C)(C)O[Si](C)(C)C. The minimum absolute atomic E-state index is 0.297. The Bertz CT molecular complexity index is 853. The second-order valence-corrected chi connectivity index (χ2v) is 37.3. The molecular weight excluding hydrogens is 685 g/mol. The van der Waals surface area contributed by atoms with Crippen LogP contribution < -0.4 is 0 Å². The number of carbonyl (C=O) groups excluding carboxylic acids is 2. The van der Waals surface area contributed by atoms with Gasteiger partial charge in [-0.2, -0.15) is 0 Å². The van der Waals surface area contributed by atoms with E-state index < -0.39 is 63.1 Å². The van der Waals surface area contributed by atoms with Gasteiger partial charge >= 0.3 is 46.9 Å². The van der Waals surface area contributed by atoms with Crippen LogP contribution in [0, 0.1) is 5.92 Å². The normalized spacial score (nSPS) is 17.1. The summed E-state index contributed by atoms with van der Waals surface area (Å²) in [6.07, 6.45) is 9.91. The van der Waals surface area contributed by atoms with Crippen molar-refractivity contribution in [2.24, 2.45) is 5.92 Å². The Morgan fingerprint density at radius 1 is 0.652 bits per heavy atom. The van der Waals surface area contributed by atoms with E-state index in [2.05, 4.69) is 73.1 Å². The minimum atomic E-state index is -3.26. The molecule has 46 heavy (non-hydrogen) atoms.